The normalized spacial score (nSPS) is 17.5. The first kappa shape index (κ1) is 16.5. The number of hydrogen-bond acceptors (Lipinski definition) is 4. The van der Waals surface area contributed by atoms with Crippen LogP contribution in [0.2, 0.25) is 0 Å². The minimum atomic E-state index is -0.890. The number of aliphatic hydroxyl groups is 1. The first-order valence-electron chi connectivity index (χ1n) is 7.46. The van der Waals surface area contributed by atoms with Crippen LogP contribution in [0.4, 0.5) is 0 Å². The van der Waals surface area contributed by atoms with Crippen LogP contribution in [0.5, 0.6) is 0 Å². The molecule has 0 unspecified atom stereocenters. The molecule has 22 heavy (non-hydrogen) atoms. The number of ether oxygens (including phenoxy) is 1. The molecule has 1 saturated heterocycles. The Bertz CT molecular complexity index is 584. The Labute approximate surface area is 130 Å². The highest BCUT2D eigenvalue weighted by molar-refractivity contribution is 5.87. The summed E-state index contributed by atoms with van der Waals surface area (Å²) in [6.07, 6.45) is 1.05. The molecular formula is C17H22N2O3. The van der Waals surface area contributed by atoms with Crippen molar-refractivity contribution in [1.82, 2.24) is 5.32 Å². The molecule has 2 rings (SSSR count). The monoisotopic (exact) mass is 302 g/mol. The maximum atomic E-state index is 12.5. The summed E-state index contributed by atoms with van der Waals surface area (Å²) in [5.41, 5.74) is -0.350. The van der Waals surface area contributed by atoms with Crippen molar-refractivity contribution < 1.29 is 14.6 Å². The molecule has 1 aromatic rings. The summed E-state index contributed by atoms with van der Waals surface area (Å²) in [7, 11) is 0. The van der Waals surface area contributed by atoms with Crippen LogP contribution in [0.1, 0.15) is 37.8 Å². The molecule has 0 bridgehead atoms. The third-order valence-electron chi connectivity index (χ3n) is 4.28. The fraction of sp³-hybridized carbons (Fsp3) is 0.529. The van der Waals surface area contributed by atoms with Gasteiger partial charge in [-0.2, -0.15) is 5.26 Å². The molecule has 1 heterocycles. The highest BCUT2D eigenvalue weighted by Gasteiger charge is 2.34. The highest BCUT2D eigenvalue weighted by atomic mass is 16.5. The molecule has 0 spiro atoms. The van der Waals surface area contributed by atoms with Gasteiger partial charge >= 0.3 is 0 Å². The average molecular weight is 302 g/mol. The molecule has 5 nitrogen and oxygen atoms in total. The summed E-state index contributed by atoms with van der Waals surface area (Å²) < 4.78 is 5.23. The van der Waals surface area contributed by atoms with E-state index in [4.69, 9.17) is 10.00 Å². The van der Waals surface area contributed by atoms with E-state index in [-0.39, 0.29) is 12.5 Å². The van der Waals surface area contributed by atoms with Gasteiger partial charge in [-0.3, -0.25) is 4.79 Å². The Morgan fingerprint density at radius 3 is 2.77 bits per heavy atom. The zero-order valence-corrected chi connectivity index (χ0v) is 13.1. The second-order valence-electron chi connectivity index (χ2n) is 6.34. The smallest absolute Gasteiger partial charge is 0.230 e. The van der Waals surface area contributed by atoms with E-state index in [9.17, 15) is 9.90 Å². The molecule has 1 amide bonds. The van der Waals surface area contributed by atoms with Crippen LogP contribution in [0.25, 0.3) is 0 Å². The van der Waals surface area contributed by atoms with E-state index in [0.717, 1.165) is 5.56 Å². The minimum Gasteiger partial charge on any atom is -0.388 e. The van der Waals surface area contributed by atoms with E-state index in [0.29, 0.717) is 31.6 Å². The van der Waals surface area contributed by atoms with Crippen LogP contribution in [-0.4, -0.2) is 36.4 Å². The SMILES string of the molecule is CC(C)(C(=O)NCC1(O)CCOCC1)c1cccc(C#N)c1. The van der Waals surface area contributed by atoms with Crippen molar-refractivity contribution >= 4 is 5.91 Å². The first-order valence-corrected chi connectivity index (χ1v) is 7.46. The quantitative estimate of drug-likeness (QED) is 0.883. The maximum absolute atomic E-state index is 12.5. The summed E-state index contributed by atoms with van der Waals surface area (Å²) in [5.74, 6) is -0.164. The number of rotatable bonds is 4. The Morgan fingerprint density at radius 1 is 1.45 bits per heavy atom. The van der Waals surface area contributed by atoms with E-state index in [1.165, 1.54) is 0 Å². The minimum absolute atomic E-state index is 0.164. The molecule has 1 aliphatic rings. The van der Waals surface area contributed by atoms with Crippen molar-refractivity contribution in [3.8, 4) is 6.07 Å². The zero-order valence-electron chi connectivity index (χ0n) is 13.1. The molecular weight excluding hydrogens is 280 g/mol. The molecule has 0 atom stereocenters. The molecule has 2 N–H and O–H groups in total. The van der Waals surface area contributed by atoms with Crippen LogP contribution >= 0.6 is 0 Å². The second kappa shape index (κ2) is 6.47. The van der Waals surface area contributed by atoms with E-state index >= 15 is 0 Å². The fourth-order valence-corrected chi connectivity index (χ4v) is 2.50. The Balaban J connectivity index is 2.05. The van der Waals surface area contributed by atoms with E-state index < -0.39 is 11.0 Å². The number of carbonyl (C=O) groups excluding carboxylic acids is 1. The van der Waals surface area contributed by atoms with Gasteiger partial charge in [-0.15, -0.1) is 0 Å². The second-order valence-corrected chi connectivity index (χ2v) is 6.34. The largest absolute Gasteiger partial charge is 0.388 e. The van der Waals surface area contributed by atoms with Crippen LogP contribution in [0, 0.1) is 11.3 Å². The number of amides is 1. The number of nitrogens with one attached hydrogen (secondary N) is 1. The lowest BCUT2D eigenvalue weighted by molar-refractivity contribution is -0.128. The molecule has 1 fully saturated rings. The molecule has 5 heteroatoms. The summed E-state index contributed by atoms with van der Waals surface area (Å²) in [5, 5.41) is 22.2. The lowest BCUT2D eigenvalue weighted by Crippen LogP contribution is -2.50. The van der Waals surface area contributed by atoms with Crippen molar-refractivity contribution in [2.24, 2.45) is 0 Å². The Kier molecular flexibility index (Phi) is 4.84. The molecule has 0 aromatic heterocycles. The summed E-state index contributed by atoms with van der Waals surface area (Å²) in [6, 6.07) is 9.13. The summed E-state index contributed by atoms with van der Waals surface area (Å²) >= 11 is 0. The van der Waals surface area contributed by atoms with Crippen molar-refractivity contribution in [2.75, 3.05) is 19.8 Å². The van der Waals surface area contributed by atoms with Crippen LogP contribution in [0.3, 0.4) is 0 Å². The summed E-state index contributed by atoms with van der Waals surface area (Å²) in [4.78, 5) is 12.5. The van der Waals surface area contributed by atoms with Crippen molar-refractivity contribution in [3.05, 3.63) is 35.4 Å². The molecule has 1 aliphatic heterocycles. The fourth-order valence-electron chi connectivity index (χ4n) is 2.50. The predicted octanol–water partition coefficient (Wildman–Crippen LogP) is 1.49. The van der Waals surface area contributed by atoms with Crippen molar-refractivity contribution in [2.45, 2.75) is 37.7 Å². The molecule has 0 aliphatic carbocycles. The van der Waals surface area contributed by atoms with Gasteiger partial charge in [0.25, 0.3) is 0 Å². The van der Waals surface area contributed by atoms with Gasteiger partial charge in [-0.05, 0) is 31.5 Å². The van der Waals surface area contributed by atoms with Gasteiger partial charge in [0.15, 0.2) is 0 Å². The predicted molar refractivity (Wildman–Crippen MR) is 82.2 cm³/mol. The lowest BCUT2D eigenvalue weighted by Gasteiger charge is -2.33. The van der Waals surface area contributed by atoms with Crippen LogP contribution in [0.15, 0.2) is 24.3 Å². The number of nitriles is 1. The number of carbonyl (C=O) groups is 1. The third kappa shape index (κ3) is 3.65. The van der Waals surface area contributed by atoms with Crippen molar-refractivity contribution in [3.63, 3.8) is 0 Å². The van der Waals surface area contributed by atoms with Crippen molar-refractivity contribution in [1.29, 1.82) is 5.26 Å². The molecule has 0 radical (unpaired) electrons. The Morgan fingerprint density at radius 2 is 2.14 bits per heavy atom. The van der Waals surface area contributed by atoms with Crippen LogP contribution < -0.4 is 5.32 Å². The number of hydrogen-bond donors (Lipinski definition) is 2. The standard InChI is InChI=1S/C17H22N2O3/c1-16(2,14-5-3-4-13(10-14)11-18)15(20)19-12-17(21)6-8-22-9-7-17/h3-5,10,21H,6-9,12H2,1-2H3,(H,19,20). The maximum Gasteiger partial charge on any atom is 0.230 e. The number of benzene rings is 1. The van der Waals surface area contributed by atoms with Gasteiger partial charge in [0.1, 0.15) is 0 Å². The number of nitrogens with zero attached hydrogens (tertiary/aromatic N) is 1. The molecule has 0 saturated carbocycles. The van der Waals surface area contributed by atoms with Crippen LogP contribution in [-0.2, 0) is 14.9 Å². The lowest BCUT2D eigenvalue weighted by atomic mass is 9.82. The molecule has 118 valence electrons. The van der Waals surface area contributed by atoms with E-state index in [1.54, 1.807) is 18.2 Å². The Hall–Kier alpha value is -1.90. The topological polar surface area (TPSA) is 82.3 Å². The van der Waals surface area contributed by atoms with E-state index in [2.05, 4.69) is 11.4 Å². The zero-order chi connectivity index (χ0) is 16.2. The van der Waals surface area contributed by atoms with Gasteiger partial charge in [0, 0.05) is 32.6 Å². The highest BCUT2D eigenvalue weighted by Crippen LogP contribution is 2.25. The van der Waals surface area contributed by atoms with Gasteiger partial charge < -0.3 is 15.2 Å². The summed E-state index contributed by atoms with van der Waals surface area (Å²) in [6.45, 7) is 4.87. The van der Waals surface area contributed by atoms with Gasteiger partial charge in [-0.25, -0.2) is 0 Å². The first-order chi connectivity index (χ1) is 10.4. The van der Waals surface area contributed by atoms with Gasteiger partial charge in [-0.1, -0.05) is 12.1 Å². The van der Waals surface area contributed by atoms with Gasteiger partial charge in [0.05, 0.1) is 22.6 Å². The van der Waals surface area contributed by atoms with E-state index in [1.807, 2.05) is 19.9 Å². The average Bonchev–Trinajstić information content (AvgIpc) is 2.53. The van der Waals surface area contributed by atoms with Gasteiger partial charge in [0.2, 0.25) is 5.91 Å². The molecule has 1 aromatic carbocycles. The third-order valence-corrected chi connectivity index (χ3v) is 4.28.